The molecule has 66 valence electrons. The summed E-state index contributed by atoms with van der Waals surface area (Å²) in [5.41, 5.74) is 0.913. The van der Waals surface area contributed by atoms with Gasteiger partial charge >= 0.3 is 0 Å². The summed E-state index contributed by atoms with van der Waals surface area (Å²) in [6, 6.07) is 5.72. The first-order chi connectivity index (χ1) is 5.74. The average Bonchev–Trinajstić information content (AvgIpc) is 2.03. The van der Waals surface area contributed by atoms with Gasteiger partial charge in [-0.15, -0.1) is 0 Å². The molecule has 0 bridgehead atoms. The maximum Gasteiger partial charge on any atom is 0.107 e. The highest BCUT2D eigenvalue weighted by molar-refractivity contribution is 9.11. The lowest BCUT2D eigenvalue weighted by Crippen LogP contribution is -2.03. The van der Waals surface area contributed by atoms with E-state index in [1.165, 1.54) is 0 Å². The topological polar surface area (TPSA) is 12.0 Å². The molecule has 0 saturated heterocycles. The van der Waals surface area contributed by atoms with Gasteiger partial charge in [0.1, 0.15) is 6.67 Å². The van der Waals surface area contributed by atoms with Gasteiger partial charge in [-0.25, -0.2) is 4.39 Å². The van der Waals surface area contributed by atoms with Crippen LogP contribution in [0.5, 0.6) is 0 Å². The Hall–Kier alpha value is -0.0900. The van der Waals surface area contributed by atoms with Crippen molar-refractivity contribution in [3.8, 4) is 0 Å². The third-order valence-electron chi connectivity index (χ3n) is 1.34. The van der Waals surface area contributed by atoms with E-state index in [0.29, 0.717) is 6.54 Å². The molecule has 1 rings (SSSR count). The van der Waals surface area contributed by atoms with Crippen molar-refractivity contribution in [3.05, 3.63) is 27.1 Å². The lowest BCUT2D eigenvalue weighted by atomic mass is 10.3. The third kappa shape index (κ3) is 2.75. The molecule has 4 heteroatoms. The first-order valence-corrected chi connectivity index (χ1v) is 5.07. The van der Waals surface area contributed by atoms with Gasteiger partial charge in [0, 0.05) is 21.2 Å². The fourth-order valence-corrected chi connectivity index (χ4v) is 2.00. The van der Waals surface area contributed by atoms with E-state index in [4.69, 9.17) is 0 Å². The molecule has 0 aromatic heterocycles. The minimum atomic E-state index is -0.359. The number of hydrogen-bond acceptors (Lipinski definition) is 1. The molecule has 1 aromatic carbocycles. The highest BCUT2D eigenvalue weighted by Gasteiger charge is 1.98. The number of benzene rings is 1. The normalized spacial score (nSPS) is 9.92. The van der Waals surface area contributed by atoms with E-state index in [2.05, 4.69) is 37.2 Å². The van der Waals surface area contributed by atoms with Gasteiger partial charge in [-0.3, -0.25) is 0 Å². The molecular formula is C8H8Br2FN. The third-order valence-corrected chi connectivity index (χ3v) is 2.49. The maximum absolute atomic E-state index is 11.8. The molecule has 0 amide bonds. The van der Waals surface area contributed by atoms with E-state index in [1.54, 1.807) is 0 Å². The summed E-state index contributed by atoms with van der Waals surface area (Å²) in [7, 11) is 0. The molecule has 0 unspecified atom stereocenters. The predicted octanol–water partition coefficient (Wildman–Crippen LogP) is 3.59. The average molecular weight is 297 g/mol. The Morgan fingerprint density at radius 2 is 2.08 bits per heavy atom. The highest BCUT2D eigenvalue weighted by atomic mass is 79.9. The molecule has 12 heavy (non-hydrogen) atoms. The summed E-state index contributed by atoms with van der Waals surface area (Å²) >= 11 is 6.69. The number of halogens is 3. The molecule has 0 saturated carbocycles. The summed E-state index contributed by atoms with van der Waals surface area (Å²) < 4.78 is 13.7. The first-order valence-electron chi connectivity index (χ1n) is 3.49. The lowest BCUT2D eigenvalue weighted by molar-refractivity contribution is 0.512. The predicted molar refractivity (Wildman–Crippen MR) is 56.3 cm³/mol. The lowest BCUT2D eigenvalue weighted by Gasteiger charge is -2.05. The van der Waals surface area contributed by atoms with Crippen LogP contribution < -0.4 is 5.32 Å². The van der Waals surface area contributed by atoms with Crippen LogP contribution in [-0.4, -0.2) is 13.2 Å². The van der Waals surface area contributed by atoms with E-state index in [9.17, 15) is 4.39 Å². The van der Waals surface area contributed by atoms with Crippen LogP contribution in [0, 0.1) is 0 Å². The molecule has 1 nitrogen and oxygen atoms in total. The monoisotopic (exact) mass is 295 g/mol. The van der Waals surface area contributed by atoms with Gasteiger partial charge in [0.25, 0.3) is 0 Å². The molecule has 0 fully saturated rings. The van der Waals surface area contributed by atoms with Gasteiger partial charge in [0.05, 0.1) is 0 Å². The Morgan fingerprint density at radius 3 is 2.67 bits per heavy atom. The second-order valence-corrected chi connectivity index (χ2v) is 4.01. The van der Waals surface area contributed by atoms with Crippen molar-refractivity contribution in [3.63, 3.8) is 0 Å². The largest absolute Gasteiger partial charge is 0.382 e. The molecule has 0 spiro atoms. The molecule has 0 heterocycles. The molecule has 1 N–H and O–H groups in total. The Morgan fingerprint density at radius 1 is 1.33 bits per heavy atom. The first kappa shape index (κ1) is 9.99. The number of alkyl halides is 1. The smallest absolute Gasteiger partial charge is 0.107 e. The summed E-state index contributed by atoms with van der Waals surface area (Å²) in [6.45, 7) is -0.0112. The van der Waals surface area contributed by atoms with Crippen LogP contribution in [-0.2, 0) is 0 Å². The molecule has 0 aliphatic carbocycles. The summed E-state index contributed by atoms with van der Waals surface area (Å²) in [5, 5.41) is 2.95. The fourth-order valence-electron chi connectivity index (χ4n) is 0.815. The van der Waals surface area contributed by atoms with Crippen LogP contribution in [0.15, 0.2) is 27.1 Å². The van der Waals surface area contributed by atoms with E-state index in [-0.39, 0.29) is 6.67 Å². The van der Waals surface area contributed by atoms with E-state index in [0.717, 1.165) is 14.6 Å². The van der Waals surface area contributed by atoms with E-state index < -0.39 is 0 Å². The van der Waals surface area contributed by atoms with Crippen LogP contribution in [0.25, 0.3) is 0 Å². The van der Waals surface area contributed by atoms with E-state index >= 15 is 0 Å². The standard InChI is InChI=1S/C8H8Br2FN/c9-6-1-2-8(7(10)5-6)12-4-3-11/h1-2,5,12H,3-4H2. The zero-order valence-corrected chi connectivity index (χ0v) is 9.45. The zero-order valence-electron chi connectivity index (χ0n) is 6.28. The van der Waals surface area contributed by atoms with Crippen molar-refractivity contribution in [1.82, 2.24) is 0 Å². The molecule has 1 aromatic rings. The number of nitrogens with one attached hydrogen (secondary N) is 1. The molecule has 0 aliphatic heterocycles. The van der Waals surface area contributed by atoms with Crippen molar-refractivity contribution < 1.29 is 4.39 Å². The van der Waals surface area contributed by atoms with Crippen LogP contribution in [0.3, 0.4) is 0 Å². The quantitative estimate of drug-likeness (QED) is 0.899. The van der Waals surface area contributed by atoms with E-state index in [1.807, 2.05) is 18.2 Å². The summed E-state index contributed by atoms with van der Waals surface area (Å²) in [6.07, 6.45) is 0. The van der Waals surface area contributed by atoms with Gasteiger partial charge in [-0.2, -0.15) is 0 Å². The highest BCUT2D eigenvalue weighted by Crippen LogP contribution is 2.25. The van der Waals surface area contributed by atoms with Gasteiger partial charge in [-0.05, 0) is 34.1 Å². The van der Waals surface area contributed by atoms with Crippen molar-refractivity contribution in [2.45, 2.75) is 0 Å². The Balaban J connectivity index is 2.72. The van der Waals surface area contributed by atoms with Crippen molar-refractivity contribution in [1.29, 1.82) is 0 Å². The minimum absolute atomic E-state index is 0.347. The second-order valence-electron chi connectivity index (χ2n) is 2.24. The Bertz CT molecular complexity index is 265. The van der Waals surface area contributed by atoms with Crippen molar-refractivity contribution in [2.75, 3.05) is 18.5 Å². The van der Waals surface area contributed by atoms with Crippen LogP contribution in [0.4, 0.5) is 10.1 Å². The van der Waals surface area contributed by atoms with Gasteiger partial charge in [0.2, 0.25) is 0 Å². The van der Waals surface area contributed by atoms with Crippen LogP contribution >= 0.6 is 31.9 Å². The minimum Gasteiger partial charge on any atom is -0.382 e. The SMILES string of the molecule is FCCNc1ccc(Br)cc1Br. The Kier molecular flexibility index (Phi) is 4.01. The Labute approximate surface area is 87.6 Å². The number of anilines is 1. The molecule has 0 radical (unpaired) electrons. The van der Waals surface area contributed by atoms with Crippen LogP contribution in [0.2, 0.25) is 0 Å². The van der Waals surface area contributed by atoms with Gasteiger partial charge in [0.15, 0.2) is 0 Å². The van der Waals surface area contributed by atoms with Crippen molar-refractivity contribution in [2.24, 2.45) is 0 Å². The van der Waals surface area contributed by atoms with Gasteiger partial charge < -0.3 is 5.32 Å². The molecule has 0 atom stereocenters. The summed E-state index contributed by atoms with van der Waals surface area (Å²) in [4.78, 5) is 0. The number of rotatable bonds is 3. The fraction of sp³-hybridized carbons (Fsp3) is 0.250. The second kappa shape index (κ2) is 4.82. The van der Waals surface area contributed by atoms with Crippen LogP contribution in [0.1, 0.15) is 0 Å². The van der Waals surface area contributed by atoms with Crippen molar-refractivity contribution >= 4 is 37.5 Å². The zero-order chi connectivity index (χ0) is 8.97. The maximum atomic E-state index is 11.8. The summed E-state index contributed by atoms with van der Waals surface area (Å²) in [5.74, 6) is 0. The molecular weight excluding hydrogens is 289 g/mol. The molecule has 0 aliphatic rings. The number of hydrogen-bond donors (Lipinski definition) is 1. The van der Waals surface area contributed by atoms with Gasteiger partial charge in [-0.1, -0.05) is 15.9 Å².